The number of benzene rings is 1. The summed E-state index contributed by atoms with van der Waals surface area (Å²) in [5.41, 5.74) is 0.924. The smallest absolute Gasteiger partial charge is 0.407 e. The highest BCUT2D eigenvalue weighted by atomic mass is 16.8. The van der Waals surface area contributed by atoms with Gasteiger partial charge in [0, 0.05) is 0 Å². The van der Waals surface area contributed by atoms with Gasteiger partial charge in [0.2, 0.25) is 0 Å². The molecule has 2 aliphatic rings. The molecule has 1 amide bonds. The lowest BCUT2D eigenvalue weighted by molar-refractivity contribution is -0.169. The molecular weight excluding hydrogens is 326 g/mol. The molecule has 1 saturated heterocycles. The van der Waals surface area contributed by atoms with Crippen LogP contribution in [0.1, 0.15) is 25.8 Å². The maximum Gasteiger partial charge on any atom is 0.407 e. The fraction of sp³-hybridized carbons (Fsp3) is 0.611. The van der Waals surface area contributed by atoms with Crippen LogP contribution in [0.15, 0.2) is 30.3 Å². The van der Waals surface area contributed by atoms with Gasteiger partial charge in [-0.3, -0.25) is 0 Å². The van der Waals surface area contributed by atoms with Crippen LogP contribution in [0.25, 0.3) is 0 Å². The summed E-state index contributed by atoms with van der Waals surface area (Å²) in [6.07, 6.45) is -0.766. The van der Waals surface area contributed by atoms with Gasteiger partial charge >= 0.3 is 6.09 Å². The number of aliphatic hydroxyl groups is 1. The second-order valence-corrected chi connectivity index (χ2v) is 6.75. The summed E-state index contributed by atoms with van der Waals surface area (Å²) in [7, 11) is 0. The first-order valence-corrected chi connectivity index (χ1v) is 8.54. The van der Waals surface area contributed by atoms with Crippen molar-refractivity contribution in [3.8, 4) is 0 Å². The Morgan fingerprint density at radius 1 is 1.28 bits per heavy atom. The number of hydrogen-bond acceptors (Lipinski definition) is 6. The zero-order chi connectivity index (χ0) is 17.9. The van der Waals surface area contributed by atoms with Gasteiger partial charge in [0.25, 0.3) is 0 Å². The van der Waals surface area contributed by atoms with Crippen LogP contribution in [0.5, 0.6) is 0 Å². The van der Waals surface area contributed by atoms with Crippen LogP contribution >= 0.6 is 0 Å². The topological polar surface area (TPSA) is 86.3 Å². The quantitative estimate of drug-likeness (QED) is 0.809. The molecular formula is C18H25NO6. The van der Waals surface area contributed by atoms with Crippen molar-refractivity contribution in [1.82, 2.24) is 5.32 Å². The third-order valence-electron chi connectivity index (χ3n) is 4.35. The van der Waals surface area contributed by atoms with Crippen LogP contribution in [0.4, 0.5) is 4.79 Å². The first-order valence-electron chi connectivity index (χ1n) is 8.54. The van der Waals surface area contributed by atoms with E-state index < -0.39 is 11.9 Å². The van der Waals surface area contributed by atoms with Crippen LogP contribution in [0.3, 0.4) is 0 Å². The number of ether oxygens (including phenoxy) is 4. The average molecular weight is 351 g/mol. The first kappa shape index (κ1) is 18.1. The fourth-order valence-corrected chi connectivity index (χ4v) is 3.36. The number of alkyl carbamates (subject to hydrolysis) is 1. The number of nitrogens with one attached hydrogen (secondary N) is 1. The van der Waals surface area contributed by atoms with Gasteiger partial charge in [0.05, 0.1) is 25.4 Å². The Kier molecular flexibility index (Phi) is 5.58. The van der Waals surface area contributed by atoms with Gasteiger partial charge in [0.1, 0.15) is 18.8 Å². The van der Waals surface area contributed by atoms with E-state index in [2.05, 4.69) is 5.32 Å². The number of rotatable bonds is 6. The number of fused-ring (bicyclic) bond motifs is 1. The molecule has 25 heavy (non-hydrogen) atoms. The monoisotopic (exact) mass is 351 g/mol. The summed E-state index contributed by atoms with van der Waals surface area (Å²) < 4.78 is 22.8. The number of hydrogen-bond donors (Lipinski definition) is 2. The molecule has 0 aromatic heterocycles. The molecule has 1 aliphatic heterocycles. The molecule has 2 fully saturated rings. The number of carbonyl (C=O) groups is 1. The van der Waals surface area contributed by atoms with E-state index in [1.165, 1.54) is 0 Å². The largest absolute Gasteiger partial charge is 0.445 e. The van der Waals surface area contributed by atoms with Crippen molar-refractivity contribution in [1.29, 1.82) is 0 Å². The second-order valence-electron chi connectivity index (χ2n) is 6.75. The molecule has 0 unspecified atom stereocenters. The van der Waals surface area contributed by atoms with Crippen molar-refractivity contribution >= 4 is 6.09 Å². The average Bonchev–Trinajstić information content (AvgIpc) is 3.06. The van der Waals surface area contributed by atoms with E-state index in [1.807, 2.05) is 44.2 Å². The van der Waals surface area contributed by atoms with E-state index in [-0.39, 0.29) is 44.2 Å². The van der Waals surface area contributed by atoms with E-state index in [0.717, 1.165) is 5.56 Å². The van der Waals surface area contributed by atoms with Crippen molar-refractivity contribution in [2.45, 2.75) is 57.0 Å². The summed E-state index contributed by atoms with van der Waals surface area (Å²) >= 11 is 0. The van der Waals surface area contributed by atoms with Gasteiger partial charge < -0.3 is 29.4 Å². The molecule has 4 atom stereocenters. The van der Waals surface area contributed by atoms with Crippen LogP contribution in [-0.4, -0.2) is 54.6 Å². The fourth-order valence-electron chi connectivity index (χ4n) is 3.36. The van der Waals surface area contributed by atoms with Crippen LogP contribution in [0.2, 0.25) is 0 Å². The van der Waals surface area contributed by atoms with Gasteiger partial charge in [-0.15, -0.1) is 0 Å². The molecule has 1 aliphatic carbocycles. The van der Waals surface area contributed by atoms with E-state index in [1.54, 1.807) is 0 Å². The summed E-state index contributed by atoms with van der Waals surface area (Å²) in [5, 5.41) is 11.8. The van der Waals surface area contributed by atoms with Crippen LogP contribution < -0.4 is 5.32 Å². The minimum Gasteiger partial charge on any atom is -0.445 e. The lowest BCUT2D eigenvalue weighted by Gasteiger charge is -2.23. The van der Waals surface area contributed by atoms with Gasteiger partial charge in [-0.25, -0.2) is 4.79 Å². The predicted octanol–water partition coefficient (Wildman–Crippen LogP) is 1.58. The Morgan fingerprint density at radius 2 is 2.00 bits per heavy atom. The molecule has 7 nitrogen and oxygen atoms in total. The Hall–Kier alpha value is -1.67. The van der Waals surface area contributed by atoms with Gasteiger partial charge in [-0.1, -0.05) is 30.3 Å². The predicted molar refractivity (Wildman–Crippen MR) is 88.8 cm³/mol. The molecule has 7 heteroatoms. The van der Waals surface area contributed by atoms with Crippen molar-refractivity contribution in [2.24, 2.45) is 0 Å². The van der Waals surface area contributed by atoms with E-state index >= 15 is 0 Å². The van der Waals surface area contributed by atoms with Crippen LogP contribution in [0, 0.1) is 0 Å². The third kappa shape index (κ3) is 4.49. The Bertz CT molecular complexity index is 578. The lowest BCUT2D eigenvalue weighted by Crippen LogP contribution is -2.43. The minimum atomic E-state index is -0.732. The molecule has 1 aromatic rings. The van der Waals surface area contributed by atoms with Crippen molar-refractivity contribution in [3.63, 3.8) is 0 Å². The van der Waals surface area contributed by atoms with Crippen molar-refractivity contribution in [2.75, 3.05) is 13.2 Å². The van der Waals surface area contributed by atoms with Gasteiger partial charge in [-0.05, 0) is 25.8 Å². The summed E-state index contributed by atoms with van der Waals surface area (Å²) in [6.45, 7) is 4.04. The van der Waals surface area contributed by atoms with Crippen LogP contribution in [-0.2, 0) is 25.6 Å². The number of amides is 1. The van der Waals surface area contributed by atoms with E-state index in [4.69, 9.17) is 24.1 Å². The maximum atomic E-state index is 12.1. The molecule has 1 heterocycles. The van der Waals surface area contributed by atoms with Crippen molar-refractivity contribution < 1.29 is 28.8 Å². The molecule has 3 rings (SSSR count). The molecule has 0 bridgehead atoms. The molecule has 1 aromatic carbocycles. The minimum absolute atomic E-state index is 0.0602. The summed E-state index contributed by atoms with van der Waals surface area (Å²) in [4.78, 5) is 12.1. The second kappa shape index (κ2) is 7.70. The summed E-state index contributed by atoms with van der Waals surface area (Å²) in [6, 6.07) is 9.23. The lowest BCUT2D eigenvalue weighted by atomic mass is 10.2. The van der Waals surface area contributed by atoms with E-state index in [0.29, 0.717) is 6.42 Å². The zero-order valence-corrected chi connectivity index (χ0v) is 14.5. The van der Waals surface area contributed by atoms with Crippen molar-refractivity contribution in [3.05, 3.63) is 35.9 Å². The molecule has 0 radical (unpaired) electrons. The van der Waals surface area contributed by atoms with Gasteiger partial charge in [0.15, 0.2) is 5.79 Å². The standard InChI is InChI=1S/C18H25NO6/c1-18(2)24-15-13(10-14(16(15)25-18)22-9-8-20)19-17(21)23-11-12-6-4-3-5-7-12/h3-7,13-16,20H,8-11H2,1-2H3,(H,19,21)/t13-,14+,15+,16-/m0/s1. The Balaban J connectivity index is 1.56. The maximum absolute atomic E-state index is 12.1. The molecule has 1 saturated carbocycles. The first-order chi connectivity index (χ1) is 12.0. The molecule has 0 spiro atoms. The number of aliphatic hydroxyl groups excluding tert-OH is 1. The van der Waals surface area contributed by atoms with E-state index in [9.17, 15) is 4.79 Å². The summed E-state index contributed by atoms with van der Waals surface area (Å²) in [5.74, 6) is -0.732. The normalized spacial score (nSPS) is 30.0. The Morgan fingerprint density at radius 3 is 2.72 bits per heavy atom. The third-order valence-corrected chi connectivity index (χ3v) is 4.35. The molecule has 138 valence electrons. The number of carbonyl (C=O) groups excluding carboxylic acids is 1. The molecule has 2 N–H and O–H groups in total. The highest BCUT2D eigenvalue weighted by Gasteiger charge is 2.55. The van der Waals surface area contributed by atoms with Gasteiger partial charge in [-0.2, -0.15) is 0 Å². The Labute approximate surface area is 147 Å². The zero-order valence-electron chi connectivity index (χ0n) is 14.5. The SMILES string of the molecule is CC1(C)O[C@@H]2[C@H](O1)[C@@H](NC(=O)OCc1ccccc1)C[C@H]2OCCO. The highest BCUT2D eigenvalue weighted by molar-refractivity contribution is 5.67. The highest BCUT2D eigenvalue weighted by Crippen LogP contribution is 2.39.